The van der Waals surface area contributed by atoms with E-state index < -0.39 is 0 Å². The Labute approximate surface area is 135 Å². The third-order valence-corrected chi connectivity index (χ3v) is 4.42. The van der Waals surface area contributed by atoms with Crippen LogP contribution in [-0.2, 0) is 12.8 Å². The van der Waals surface area contributed by atoms with Gasteiger partial charge in [-0.1, -0.05) is 42.5 Å². The first-order valence-corrected chi connectivity index (χ1v) is 7.98. The van der Waals surface area contributed by atoms with Crippen molar-refractivity contribution in [3.63, 3.8) is 0 Å². The number of nitrogens with one attached hydrogen (secondary N) is 1. The molecular weight excluding hydrogens is 286 g/mol. The van der Waals surface area contributed by atoms with Crippen LogP contribution in [0.1, 0.15) is 29.9 Å². The van der Waals surface area contributed by atoms with Crippen molar-refractivity contribution in [1.29, 1.82) is 0 Å². The minimum Gasteiger partial charge on any atom is -0.304 e. The molecule has 2 aromatic carbocycles. The number of fused-ring (bicyclic) bond motifs is 1. The maximum absolute atomic E-state index is 4.22. The molecule has 23 heavy (non-hydrogen) atoms. The SMILES string of the molecule is C[C@H](NC1Cc2ccccc2C1)c1nnnn1-c1ccccc1. The normalized spacial score (nSPS) is 15.5. The second kappa shape index (κ2) is 5.93. The van der Waals surface area contributed by atoms with Gasteiger partial charge in [0.1, 0.15) is 0 Å². The summed E-state index contributed by atoms with van der Waals surface area (Å²) in [5.41, 5.74) is 3.87. The number of hydrogen-bond acceptors (Lipinski definition) is 4. The van der Waals surface area contributed by atoms with Crippen LogP contribution in [0.3, 0.4) is 0 Å². The van der Waals surface area contributed by atoms with E-state index in [1.165, 1.54) is 11.1 Å². The number of aromatic nitrogens is 4. The van der Waals surface area contributed by atoms with Crippen LogP contribution in [0, 0.1) is 0 Å². The topological polar surface area (TPSA) is 55.6 Å². The molecule has 0 amide bonds. The van der Waals surface area contributed by atoms with E-state index in [-0.39, 0.29) is 6.04 Å². The summed E-state index contributed by atoms with van der Waals surface area (Å²) in [7, 11) is 0. The molecule has 1 atom stereocenters. The third-order valence-electron chi connectivity index (χ3n) is 4.42. The predicted molar refractivity (Wildman–Crippen MR) is 88.3 cm³/mol. The number of para-hydroxylation sites is 1. The van der Waals surface area contributed by atoms with E-state index in [1.807, 2.05) is 30.3 Å². The lowest BCUT2D eigenvalue weighted by atomic mass is 10.1. The first kappa shape index (κ1) is 14.1. The lowest BCUT2D eigenvalue weighted by Gasteiger charge is -2.18. The Morgan fingerprint density at radius 2 is 1.65 bits per heavy atom. The summed E-state index contributed by atoms with van der Waals surface area (Å²) >= 11 is 0. The molecule has 5 nitrogen and oxygen atoms in total. The van der Waals surface area contributed by atoms with Crippen LogP contribution in [0.2, 0.25) is 0 Å². The molecule has 1 heterocycles. The van der Waals surface area contributed by atoms with E-state index in [2.05, 4.69) is 52.0 Å². The Bertz CT molecular complexity index is 771. The standard InChI is InChI=1S/C18H19N5/c1-13(19-16-11-14-7-5-6-8-15(14)12-16)18-20-21-22-23(18)17-9-3-2-4-10-17/h2-10,13,16,19H,11-12H2,1H3/t13-/m0/s1. The molecule has 1 aliphatic carbocycles. The van der Waals surface area contributed by atoms with E-state index >= 15 is 0 Å². The summed E-state index contributed by atoms with van der Waals surface area (Å²) in [6.45, 7) is 2.12. The zero-order valence-electron chi connectivity index (χ0n) is 13.1. The van der Waals surface area contributed by atoms with Gasteiger partial charge >= 0.3 is 0 Å². The zero-order chi connectivity index (χ0) is 15.6. The molecule has 0 bridgehead atoms. The van der Waals surface area contributed by atoms with E-state index in [1.54, 1.807) is 4.68 Å². The van der Waals surface area contributed by atoms with Crippen molar-refractivity contribution >= 4 is 0 Å². The van der Waals surface area contributed by atoms with Crippen LogP contribution in [-0.4, -0.2) is 26.2 Å². The molecule has 0 aliphatic heterocycles. The van der Waals surface area contributed by atoms with Crippen molar-refractivity contribution < 1.29 is 0 Å². The first-order chi connectivity index (χ1) is 11.3. The fraction of sp³-hybridized carbons (Fsp3) is 0.278. The lowest BCUT2D eigenvalue weighted by molar-refractivity contribution is 0.446. The summed E-state index contributed by atoms with van der Waals surface area (Å²) in [4.78, 5) is 0. The molecular formula is C18H19N5. The van der Waals surface area contributed by atoms with Crippen molar-refractivity contribution in [1.82, 2.24) is 25.5 Å². The highest BCUT2D eigenvalue weighted by molar-refractivity contribution is 5.34. The highest BCUT2D eigenvalue weighted by Crippen LogP contribution is 2.24. The van der Waals surface area contributed by atoms with Gasteiger partial charge in [-0.3, -0.25) is 0 Å². The number of tetrazole rings is 1. The van der Waals surface area contributed by atoms with Gasteiger partial charge in [0.15, 0.2) is 5.82 Å². The molecule has 0 spiro atoms. The van der Waals surface area contributed by atoms with Gasteiger partial charge in [-0.2, -0.15) is 4.68 Å². The number of hydrogen-bond donors (Lipinski definition) is 1. The van der Waals surface area contributed by atoms with Crippen molar-refractivity contribution in [2.45, 2.75) is 31.8 Å². The van der Waals surface area contributed by atoms with Gasteiger partial charge in [0.25, 0.3) is 0 Å². The summed E-state index contributed by atoms with van der Waals surface area (Å²) in [5, 5.41) is 15.9. The molecule has 0 radical (unpaired) electrons. The fourth-order valence-electron chi connectivity index (χ4n) is 3.32. The van der Waals surface area contributed by atoms with Gasteiger partial charge in [-0.25, -0.2) is 0 Å². The largest absolute Gasteiger partial charge is 0.304 e. The minimum atomic E-state index is 0.0875. The molecule has 1 aromatic heterocycles. The summed E-state index contributed by atoms with van der Waals surface area (Å²) in [6.07, 6.45) is 2.13. The highest BCUT2D eigenvalue weighted by atomic mass is 15.5. The molecule has 0 fully saturated rings. The molecule has 116 valence electrons. The van der Waals surface area contributed by atoms with Crippen molar-refractivity contribution in [2.75, 3.05) is 0 Å². The smallest absolute Gasteiger partial charge is 0.173 e. The molecule has 5 heteroatoms. The zero-order valence-corrected chi connectivity index (χ0v) is 13.1. The minimum absolute atomic E-state index is 0.0875. The maximum Gasteiger partial charge on any atom is 0.173 e. The second-order valence-electron chi connectivity index (χ2n) is 6.05. The van der Waals surface area contributed by atoms with E-state index in [0.29, 0.717) is 6.04 Å². The van der Waals surface area contributed by atoms with Crippen LogP contribution in [0.5, 0.6) is 0 Å². The van der Waals surface area contributed by atoms with Crippen molar-refractivity contribution in [3.8, 4) is 5.69 Å². The number of rotatable bonds is 4. The molecule has 3 aromatic rings. The van der Waals surface area contributed by atoms with Crippen LogP contribution < -0.4 is 5.32 Å². The van der Waals surface area contributed by atoms with E-state index in [4.69, 9.17) is 0 Å². The fourth-order valence-corrected chi connectivity index (χ4v) is 3.32. The third kappa shape index (κ3) is 2.75. The highest BCUT2D eigenvalue weighted by Gasteiger charge is 2.24. The molecule has 1 N–H and O–H groups in total. The van der Waals surface area contributed by atoms with Gasteiger partial charge in [-0.15, -0.1) is 5.10 Å². The maximum atomic E-state index is 4.22. The van der Waals surface area contributed by atoms with Crippen LogP contribution >= 0.6 is 0 Å². The van der Waals surface area contributed by atoms with Gasteiger partial charge in [0, 0.05) is 6.04 Å². The average molecular weight is 305 g/mol. The number of benzene rings is 2. The Hall–Kier alpha value is -2.53. The summed E-state index contributed by atoms with van der Waals surface area (Å²) in [5.74, 6) is 0.840. The molecule has 0 saturated heterocycles. The van der Waals surface area contributed by atoms with Gasteiger partial charge in [0.2, 0.25) is 0 Å². The molecule has 4 rings (SSSR count). The monoisotopic (exact) mass is 305 g/mol. The summed E-state index contributed by atoms with van der Waals surface area (Å²) < 4.78 is 1.81. The molecule has 0 saturated carbocycles. The van der Waals surface area contributed by atoms with Crippen LogP contribution in [0.4, 0.5) is 0 Å². The quantitative estimate of drug-likeness (QED) is 0.804. The predicted octanol–water partition coefficient (Wildman–Crippen LogP) is 2.48. The lowest BCUT2D eigenvalue weighted by Crippen LogP contribution is -2.33. The van der Waals surface area contributed by atoms with Gasteiger partial charge < -0.3 is 5.32 Å². The first-order valence-electron chi connectivity index (χ1n) is 7.98. The Morgan fingerprint density at radius 1 is 1.00 bits per heavy atom. The number of nitrogens with zero attached hydrogens (tertiary/aromatic N) is 4. The Morgan fingerprint density at radius 3 is 2.35 bits per heavy atom. The molecule has 1 aliphatic rings. The second-order valence-corrected chi connectivity index (χ2v) is 6.05. The summed E-state index contributed by atoms with van der Waals surface area (Å²) in [6, 6.07) is 19.2. The van der Waals surface area contributed by atoms with Gasteiger partial charge in [0.05, 0.1) is 11.7 Å². The van der Waals surface area contributed by atoms with E-state index in [9.17, 15) is 0 Å². The van der Waals surface area contributed by atoms with Crippen molar-refractivity contribution in [2.24, 2.45) is 0 Å². The van der Waals surface area contributed by atoms with Crippen molar-refractivity contribution in [3.05, 3.63) is 71.5 Å². The van der Waals surface area contributed by atoms with E-state index in [0.717, 1.165) is 24.4 Å². The van der Waals surface area contributed by atoms with Gasteiger partial charge in [-0.05, 0) is 53.5 Å². The van der Waals surface area contributed by atoms with Crippen LogP contribution in [0.25, 0.3) is 5.69 Å². The Kier molecular flexibility index (Phi) is 3.63. The molecule has 0 unspecified atom stereocenters. The van der Waals surface area contributed by atoms with Crippen LogP contribution in [0.15, 0.2) is 54.6 Å². The average Bonchev–Trinajstić information content (AvgIpc) is 3.22. The Balaban J connectivity index is 1.51.